The number of thiazole rings is 2. The number of aromatic nitrogens is 3. The van der Waals surface area contributed by atoms with Crippen LogP contribution >= 0.6 is 22.7 Å². The molecule has 0 aliphatic carbocycles. The number of para-hydroxylation sites is 1. The number of carbonyl (C=O) groups excluding carboxylic acids is 1. The second kappa shape index (κ2) is 10.1. The van der Waals surface area contributed by atoms with Crippen molar-refractivity contribution in [1.29, 1.82) is 0 Å². The summed E-state index contributed by atoms with van der Waals surface area (Å²) in [7, 11) is 0. The Kier molecular flexibility index (Phi) is 6.79. The molecule has 0 fully saturated rings. The molecule has 4 aromatic heterocycles. The number of rotatable bonds is 9. The van der Waals surface area contributed by atoms with Crippen molar-refractivity contribution in [2.24, 2.45) is 0 Å². The molecule has 9 heteroatoms. The van der Waals surface area contributed by atoms with E-state index in [1.807, 2.05) is 46.2 Å². The number of hydrogen-bond donors (Lipinski definition) is 1. The van der Waals surface area contributed by atoms with Crippen molar-refractivity contribution < 1.29 is 4.79 Å². The molecule has 0 saturated heterocycles. The molecule has 0 bridgehead atoms. The molecule has 0 spiro atoms. The van der Waals surface area contributed by atoms with Gasteiger partial charge < -0.3 is 10.2 Å². The Labute approximate surface area is 211 Å². The number of carbonyl (C=O) groups is 1. The lowest BCUT2D eigenvalue weighted by Gasteiger charge is -2.23. The molecule has 7 nitrogen and oxygen atoms in total. The molecule has 1 amide bonds. The van der Waals surface area contributed by atoms with E-state index in [4.69, 9.17) is 4.98 Å². The summed E-state index contributed by atoms with van der Waals surface area (Å²) in [5.74, 6) is 0.466. The van der Waals surface area contributed by atoms with Crippen LogP contribution in [0.25, 0.3) is 26.1 Å². The van der Waals surface area contributed by atoms with Crippen molar-refractivity contribution in [2.45, 2.75) is 39.7 Å². The molecule has 4 heterocycles. The van der Waals surface area contributed by atoms with Crippen LogP contribution in [0.2, 0.25) is 0 Å². The molecule has 35 heavy (non-hydrogen) atoms. The number of fused-ring (bicyclic) bond motifs is 5. The minimum atomic E-state index is -0.393. The second-order valence-electron chi connectivity index (χ2n) is 8.40. The van der Waals surface area contributed by atoms with Crippen LogP contribution in [0.4, 0.5) is 5.82 Å². The number of pyridine rings is 2. The third-order valence-corrected chi connectivity index (χ3v) is 7.91. The van der Waals surface area contributed by atoms with E-state index >= 15 is 0 Å². The van der Waals surface area contributed by atoms with Crippen molar-refractivity contribution in [3.63, 3.8) is 0 Å². The van der Waals surface area contributed by atoms with E-state index in [2.05, 4.69) is 29.0 Å². The fourth-order valence-electron chi connectivity index (χ4n) is 4.30. The molecule has 1 N–H and O–H groups in total. The first-order valence-electron chi connectivity index (χ1n) is 11.9. The average molecular weight is 506 g/mol. The Morgan fingerprint density at radius 1 is 1.11 bits per heavy atom. The van der Waals surface area contributed by atoms with Gasteiger partial charge in [0.2, 0.25) is 5.43 Å². The Bertz CT molecular complexity index is 1560. The summed E-state index contributed by atoms with van der Waals surface area (Å²) in [5, 5.41) is 5.99. The topological polar surface area (TPSA) is 79.6 Å². The van der Waals surface area contributed by atoms with Crippen molar-refractivity contribution in [3.05, 3.63) is 68.8 Å². The van der Waals surface area contributed by atoms with Crippen LogP contribution in [0.5, 0.6) is 0 Å². The highest BCUT2D eigenvalue weighted by atomic mass is 32.1. The smallest absolute Gasteiger partial charge is 0.258 e. The minimum absolute atomic E-state index is 0.154. The van der Waals surface area contributed by atoms with Gasteiger partial charge in [0, 0.05) is 24.7 Å². The average Bonchev–Trinajstić information content (AvgIpc) is 3.53. The summed E-state index contributed by atoms with van der Waals surface area (Å²) >= 11 is 2.91. The standard InChI is InChI=1S/C26H27N5O2S2/c1-3-5-14-30(13-4-2)20-11-10-17-23(32)22(25(33)28-16-21-27-12-15-34-21)26-31(24(17)29-20)18-8-6-7-9-19(18)35-26/h6-12,15H,3-5,13-14,16H2,1-2H3,(H,28,33). The Balaban J connectivity index is 1.71. The second-order valence-corrected chi connectivity index (χ2v) is 10.4. The zero-order valence-corrected chi connectivity index (χ0v) is 21.4. The van der Waals surface area contributed by atoms with Crippen molar-refractivity contribution in [2.75, 3.05) is 18.0 Å². The van der Waals surface area contributed by atoms with Crippen molar-refractivity contribution in [1.82, 2.24) is 19.7 Å². The Morgan fingerprint density at radius 2 is 1.97 bits per heavy atom. The summed E-state index contributed by atoms with van der Waals surface area (Å²) < 4.78 is 2.97. The van der Waals surface area contributed by atoms with E-state index in [1.54, 1.807) is 6.20 Å². The van der Waals surface area contributed by atoms with Crippen LogP contribution in [0, 0.1) is 0 Å². The molecule has 0 atom stereocenters. The molecule has 5 rings (SSSR count). The van der Waals surface area contributed by atoms with E-state index < -0.39 is 5.91 Å². The highest BCUT2D eigenvalue weighted by molar-refractivity contribution is 7.24. The maximum absolute atomic E-state index is 13.7. The van der Waals surface area contributed by atoms with Gasteiger partial charge in [-0.25, -0.2) is 9.97 Å². The summed E-state index contributed by atoms with van der Waals surface area (Å²) in [6, 6.07) is 11.7. The van der Waals surface area contributed by atoms with Gasteiger partial charge in [-0.3, -0.25) is 14.0 Å². The largest absolute Gasteiger partial charge is 0.357 e. The van der Waals surface area contributed by atoms with Crippen LogP contribution in [0.1, 0.15) is 48.5 Å². The number of anilines is 1. The number of unbranched alkanes of at least 4 members (excludes halogenated alkanes) is 1. The van der Waals surface area contributed by atoms with E-state index in [0.29, 0.717) is 15.9 Å². The van der Waals surface area contributed by atoms with E-state index in [1.165, 1.54) is 22.7 Å². The molecule has 1 aromatic carbocycles. The maximum Gasteiger partial charge on any atom is 0.258 e. The van der Waals surface area contributed by atoms with Gasteiger partial charge in [-0.05, 0) is 37.1 Å². The maximum atomic E-state index is 13.7. The first kappa shape index (κ1) is 23.4. The molecular formula is C26H27N5O2S2. The summed E-state index contributed by atoms with van der Waals surface area (Å²) in [6.45, 7) is 6.44. The monoisotopic (exact) mass is 505 g/mol. The predicted molar refractivity (Wildman–Crippen MR) is 145 cm³/mol. The molecule has 0 unspecified atom stereocenters. The van der Waals surface area contributed by atoms with Crippen LogP contribution in [-0.4, -0.2) is 33.4 Å². The summed E-state index contributed by atoms with van der Waals surface area (Å²) in [4.78, 5) is 39.1. The molecule has 0 radical (unpaired) electrons. The molecule has 0 aliphatic heterocycles. The lowest BCUT2D eigenvalue weighted by Crippen LogP contribution is -2.30. The number of benzene rings is 1. The zero-order valence-electron chi connectivity index (χ0n) is 19.8. The van der Waals surface area contributed by atoms with Crippen LogP contribution in [0.3, 0.4) is 0 Å². The van der Waals surface area contributed by atoms with Gasteiger partial charge in [-0.15, -0.1) is 22.7 Å². The quantitative estimate of drug-likeness (QED) is 0.288. The molecular weight excluding hydrogens is 478 g/mol. The minimum Gasteiger partial charge on any atom is -0.357 e. The highest BCUT2D eigenvalue weighted by Gasteiger charge is 2.23. The van der Waals surface area contributed by atoms with Gasteiger partial charge in [-0.2, -0.15) is 0 Å². The van der Waals surface area contributed by atoms with E-state index in [-0.39, 0.29) is 17.5 Å². The molecule has 5 aromatic rings. The van der Waals surface area contributed by atoms with Crippen LogP contribution < -0.4 is 15.6 Å². The Hall–Kier alpha value is -3.30. The summed E-state index contributed by atoms with van der Waals surface area (Å²) in [5.41, 5.74) is 1.39. The molecule has 0 aliphatic rings. The normalized spacial score (nSPS) is 11.5. The van der Waals surface area contributed by atoms with Gasteiger partial charge in [-0.1, -0.05) is 32.4 Å². The Morgan fingerprint density at radius 3 is 2.74 bits per heavy atom. The third kappa shape index (κ3) is 4.41. The van der Waals surface area contributed by atoms with Crippen LogP contribution in [0.15, 0.2) is 52.8 Å². The first-order valence-corrected chi connectivity index (χ1v) is 13.6. The van der Waals surface area contributed by atoms with E-state index in [0.717, 1.165) is 53.4 Å². The molecule has 180 valence electrons. The zero-order chi connectivity index (χ0) is 24.4. The number of amides is 1. The van der Waals surface area contributed by atoms with E-state index in [9.17, 15) is 9.59 Å². The lowest BCUT2D eigenvalue weighted by molar-refractivity contribution is 0.0951. The summed E-state index contributed by atoms with van der Waals surface area (Å²) in [6.07, 6.45) is 4.89. The van der Waals surface area contributed by atoms with Gasteiger partial charge >= 0.3 is 0 Å². The predicted octanol–water partition coefficient (Wildman–Crippen LogP) is 5.47. The number of hydrogen-bond acceptors (Lipinski definition) is 7. The number of nitrogens with one attached hydrogen (secondary N) is 1. The highest BCUT2D eigenvalue weighted by Crippen LogP contribution is 2.31. The first-order chi connectivity index (χ1) is 17.1. The lowest BCUT2D eigenvalue weighted by atomic mass is 10.1. The van der Waals surface area contributed by atoms with Gasteiger partial charge in [0.1, 0.15) is 21.2 Å². The van der Waals surface area contributed by atoms with Gasteiger partial charge in [0.15, 0.2) is 5.65 Å². The van der Waals surface area contributed by atoms with Crippen molar-refractivity contribution >= 4 is 60.5 Å². The third-order valence-electron chi connectivity index (χ3n) is 5.98. The van der Waals surface area contributed by atoms with Gasteiger partial charge in [0.05, 0.1) is 22.1 Å². The molecule has 0 saturated carbocycles. The fourth-order valence-corrected chi connectivity index (χ4v) is 6.04. The van der Waals surface area contributed by atoms with Crippen LogP contribution in [-0.2, 0) is 6.54 Å². The van der Waals surface area contributed by atoms with Gasteiger partial charge in [0.25, 0.3) is 5.91 Å². The fraction of sp³-hybridized carbons (Fsp3) is 0.308. The number of nitrogens with zero attached hydrogens (tertiary/aromatic N) is 4. The SMILES string of the molecule is CCCCN(CCC)c1ccc2c(=O)c(C(=O)NCc3nccs3)c3sc4ccccc4n3c2n1. The van der Waals surface area contributed by atoms with Crippen molar-refractivity contribution in [3.8, 4) is 0 Å².